The van der Waals surface area contributed by atoms with E-state index >= 15 is 0 Å². The molecule has 0 radical (unpaired) electrons. The van der Waals surface area contributed by atoms with E-state index in [0.29, 0.717) is 17.1 Å². The summed E-state index contributed by atoms with van der Waals surface area (Å²) in [6.45, 7) is 4.21. The van der Waals surface area contributed by atoms with E-state index in [1.165, 1.54) is 11.1 Å². The summed E-state index contributed by atoms with van der Waals surface area (Å²) in [5, 5.41) is 6.23. The normalized spacial score (nSPS) is 10.3. The first-order valence-corrected chi connectivity index (χ1v) is 8.88. The molecule has 2 N–H and O–H groups in total. The minimum absolute atomic E-state index is 0.257. The molecule has 0 aliphatic rings. The van der Waals surface area contributed by atoms with Gasteiger partial charge in [-0.25, -0.2) is 4.98 Å². The zero-order valence-corrected chi connectivity index (χ0v) is 15.7. The quantitative estimate of drug-likeness (QED) is 0.651. The molecule has 0 saturated carbocycles. The van der Waals surface area contributed by atoms with Crippen LogP contribution >= 0.6 is 0 Å². The fourth-order valence-corrected chi connectivity index (χ4v) is 2.90. The van der Waals surface area contributed by atoms with Gasteiger partial charge in [-0.2, -0.15) is 0 Å². The van der Waals surface area contributed by atoms with Gasteiger partial charge in [-0.3, -0.25) is 4.79 Å². The molecule has 5 nitrogen and oxygen atoms in total. The highest BCUT2D eigenvalue weighted by Crippen LogP contribution is 2.25. The molecule has 0 bridgehead atoms. The molecule has 0 aliphatic heterocycles. The van der Waals surface area contributed by atoms with Crippen molar-refractivity contribution in [3.05, 3.63) is 77.5 Å². The Morgan fingerprint density at radius 1 is 1.07 bits per heavy atom. The zero-order valence-electron chi connectivity index (χ0n) is 15.7. The molecule has 1 aromatic heterocycles. The van der Waals surface area contributed by atoms with Crippen LogP contribution in [0.1, 0.15) is 28.4 Å². The van der Waals surface area contributed by atoms with Crippen molar-refractivity contribution >= 4 is 23.1 Å². The minimum atomic E-state index is -0.257. The van der Waals surface area contributed by atoms with Crippen LogP contribution in [-0.4, -0.2) is 18.0 Å². The summed E-state index contributed by atoms with van der Waals surface area (Å²) in [4.78, 5) is 16.8. The van der Waals surface area contributed by atoms with Gasteiger partial charge in [0.15, 0.2) is 0 Å². The van der Waals surface area contributed by atoms with Gasteiger partial charge in [-0.15, -0.1) is 0 Å². The van der Waals surface area contributed by atoms with Crippen molar-refractivity contribution in [1.29, 1.82) is 0 Å². The first-order chi connectivity index (χ1) is 13.1. The molecule has 0 atom stereocenters. The summed E-state index contributed by atoms with van der Waals surface area (Å²) in [7, 11) is 1.54. The number of methoxy groups -OCH3 is 1. The van der Waals surface area contributed by atoms with E-state index in [1.807, 2.05) is 12.1 Å². The molecule has 3 aromatic rings. The number of aryl methyl sites for hydroxylation is 2. The van der Waals surface area contributed by atoms with Crippen LogP contribution in [0.25, 0.3) is 0 Å². The third-order valence-electron chi connectivity index (χ3n) is 4.37. The molecule has 27 heavy (non-hydrogen) atoms. The third-order valence-corrected chi connectivity index (χ3v) is 4.37. The number of benzene rings is 2. The number of nitrogens with one attached hydrogen (secondary N) is 2. The Hall–Kier alpha value is -3.34. The number of hydrogen-bond donors (Lipinski definition) is 2. The van der Waals surface area contributed by atoms with Gasteiger partial charge in [0.2, 0.25) is 0 Å². The first-order valence-electron chi connectivity index (χ1n) is 8.88. The molecule has 1 amide bonds. The maximum atomic E-state index is 12.5. The molecule has 0 spiro atoms. The predicted molar refractivity (Wildman–Crippen MR) is 109 cm³/mol. The molecule has 138 valence electrons. The van der Waals surface area contributed by atoms with Gasteiger partial charge in [-0.1, -0.05) is 37.3 Å². The Labute approximate surface area is 159 Å². The van der Waals surface area contributed by atoms with Gasteiger partial charge >= 0.3 is 0 Å². The average Bonchev–Trinajstić information content (AvgIpc) is 2.70. The number of ether oxygens (including phenoxy) is 1. The molecule has 3 rings (SSSR count). The fourth-order valence-electron chi connectivity index (χ4n) is 2.90. The van der Waals surface area contributed by atoms with Crippen molar-refractivity contribution in [2.24, 2.45) is 0 Å². The standard InChI is InChI=1S/C22H23N3O2/c1-4-16-9-7-8-15(2)21(16)24-17-12-13-20(23-14-17)25-22(26)18-10-5-6-11-19(18)27-3/h5-14,24H,4H2,1-3H3,(H,23,25,26). The van der Waals surface area contributed by atoms with E-state index < -0.39 is 0 Å². The molecule has 0 unspecified atom stereocenters. The van der Waals surface area contributed by atoms with Crippen molar-refractivity contribution in [2.75, 3.05) is 17.7 Å². The van der Waals surface area contributed by atoms with Crippen molar-refractivity contribution in [3.63, 3.8) is 0 Å². The van der Waals surface area contributed by atoms with E-state index in [0.717, 1.165) is 17.8 Å². The van der Waals surface area contributed by atoms with Crippen LogP contribution in [0.3, 0.4) is 0 Å². The highest BCUT2D eigenvalue weighted by Gasteiger charge is 2.12. The van der Waals surface area contributed by atoms with E-state index in [-0.39, 0.29) is 5.91 Å². The summed E-state index contributed by atoms with van der Waals surface area (Å²) in [5.74, 6) is 0.754. The van der Waals surface area contributed by atoms with Crippen LogP contribution in [0.4, 0.5) is 17.2 Å². The molecule has 2 aromatic carbocycles. The molecule has 5 heteroatoms. The Morgan fingerprint density at radius 3 is 2.59 bits per heavy atom. The van der Waals surface area contributed by atoms with Crippen LogP contribution in [0.15, 0.2) is 60.8 Å². The summed E-state index contributed by atoms with van der Waals surface area (Å²) < 4.78 is 5.23. The minimum Gasteiger partial charge on any atom is -0.496 e. The maximum Gasteiger partial charge on any atom is 0.260 e. The van der Waals surface area contributed by atoms with Crippen LogP contribution in [-0.2, 0) is 6.42 Å². The Kier molecular flexibility index (Phi) is 5.71. The van der Waals surface area contributed by atoms with Crippen molar-refractivity contribution in [2.45, 2.75) is 20.3 Å². The molecular formula is C22H23N3O2. The van der Waals surface area contributed by atoms with Gasteiger partial charge < -0.3 is 15.4 Å². The van der Waals surface area contributed by atoms with E-state index in [1.54, 1.807) is 37.6 Å². The van der Waals surface area contributed by atoms with Crippen molar-refractivity contribution in [1.82, 2.24) is 4.98 Å². The van der Waals surface area contributed by atoms with Gasteiger partial charge in [0.05, 0.1) is 24.6 Å². The van der Waals surface area contributed by atoms with E-state index in [9.17, 15) is 4.79 Å². The summed E-state index contributed by atoms with van der Waals surface area (Å²) in [6, 6.07) is 17.0. The van der Waals surface area contributed by atoms with Crippen LogP contribution in [0.5, 0.6) is 5.75 Å². The van der Waals surface area contributed by atoms with Gasteiger partial charge in [0.1, 0.15) is 11.6 Å². The monoisotopic (exact) mass is 361 g/mol. The lowest BCUT2D eigenvalue weighted by Crippen LogP contribution is -2.14. The number of carbonyl (C=O) groups excluding carboxylic acids is 1. The lowest BCUT2D eigenvalue weighted by molar-refractivity contribution is 0.102. The van der Waals surface area contributed by atoms with Crippen molar-refractivity contribution in [3.8, 4) is 5.75 Å². The molecular weight excluding hydrogens is 338 g/mol. The van der Waals surface area contributed by atoms with Crippen molar-refractivity contribution < 1.29 is 9.53 Å². The van der Waals surface area contributed by atoms with Gasteiger partial charge in [-0.05, 0) is 48.7 Å². The van der Waals surface area contributed by atoms with E-state index in [4.69, 9.17) is 4.74 Å². The molecule has 0 fully saturated rings. The lowest BCUT2D eigenvalue weighted by Gasteiger charge is -2.14. The highest BCUT2D eigenvalue weighted by atomic mass is 16.5. The van der Waals surface area contributed by atoms with E-state index in [2.05, 4.69) is 47.7 Å². The van der Waals surface area contributed by atoms with Gasteiger partial charge in [0, 0.05) is 5.69 Å². The first kappa shape index (κ1) is 18.5. The number of para-hydroxylation sites is 2. The zero-order chi connectivity index (χ0) is 19.2. The maximum absolute atomic E-state index is 12.5. The third kappa shape index (κ3) is 4.26. The lowest BCUT2D eigenvalue weighted by atomic mass is 10.1. The molecule has 1 heterocycles. The second-order valence-corrected chi connectivity index (χ2v) is 6.17. The highest BCUT2D eigenvalue weighted by molar-refractivity contribution is 6.05. The second kappa shape index (κ2) is 8.36. The van der Waals surface area contributed by atoms with Crippen LogP contribution in [0.2, 0.25) is 0 Å². The number of amides is 1. The molecule has 0 saturated heterocycles. The topological polar surface area (TPSA) is 63.2 Å². The number of carbonyl (C=O) groups is 1. The number of nitrogens with zero attached hydrogens (tertiary/aromatic N) is 1. The number of pyridine rings is 1. The fraction of sp³-hybridized carbons (Fsp3) is 0.182. The van der Waals surface area contributed by atoms with Crippen LogP contribution in [0, 0.1) is 6.92 Å². The average molecular weight is 361 g/mol. The van der Waals surface area contributed by atoms with Crippen LogP contribution < -0.4 is 15.4 Å². The smallest absolute Gasteiger partial charge is 0.260 e. The van der Waals surface area contributed by atoms with Gasteiger partial charge in [0.25, 0.3) is 5.91 Å². The number of rotatable bonds is 6. The Bertz CT molecular complexity index is 937. The Morgan fingerprint density at radius 2 is 1.89 bits per heavy atom. The largest absolute Gasteiger partial charge is 0.496 e. The summed E-state index contributed by atoms with van der Waals surface area (Å²) in [5.41, 5.74) is 4.88. The Balaban J connectivity index is 1.74. The number of aromatic nitrogens is 1. The predicted octanol–water partition coefficient (Wildman–Crippen LogP) is 4.96. The molecule has 0 aliphatic carbocycles. The summed E-state index contributed by atoms with van der Waals surface area (Å²) in [6.07, 6.45) is 2.66. The SMILES string of the molecule is CCc1cccc(C)c1Nc1ccc(NC(=O)c2ccccc2OC)nc1. The summed E-state index contributed by atoms with van der Waals surface area (Å²) >= 11 is 0. The number of anilines is 3. The number of hydrogen-bond acceptors (Lipinski definition) is 4. The second-order valence-electron chi connectivity index (χ2n) is 6.17.